The number of nitrogens with zero attached hydrogens (tertiary/aromatic N) is 2. The Morgan fingerprint density at radius 1 is 1.24 bits per heavy atom. The second-order valence-corrected chi connectivity index (χ2v) is 8.01. The highest BCUT2D eigenvalue weighted by molar-refractivity contribution is 7.89. The van der Waals surface area contributed by atoms with E-state index in [-0.39, 0.29) is 18.0 Å². The number of esters is 1. The van der Waals surface area contributed by atoms with Gasteiger partial charge in [0.1, 0.15) is 11.6 Å². The number of rotatable bonds is 9. The standard InChI is InChI=1S/C18H24N4O6S/c1-12-5-6-15(27-4)14(9-12)21-16(23)11-28-18(24)7-8-19-29(25,26)17-10-22(3)13(2)20-17/h5-6,9-10,19H,7-8,11H2,1-4H3,(H,21,23). The number of amides is 1. The minimum atomic E-state index is -3.82. The van der Waals surface area contributed by atoms with Crippen molar-refractivity contribution in [1.29, 1.82) is 0 Å². The van der Waals surface area contributed by atoms with Gasteiger partial charge < -0.3 is 19.4 Å². The van der Waals surface area contributed by atoms with Gasteiger partial charge in [-0.1, -0.05) is 6.07 Å². The van der Waals surface area contributed by atoms with Gasteiger partial charge in [0.25, 0.3) is 15.9 Å². The van der Waals surface area contributed by atoms with Crippen LogP contribution in [0.1, 0.15) is 17.8 Å². The molecule has 1 heterocycles. The predicted octanol–water partition coefficient (Wildman–Crippen LogP) is 0.896. The van der Waals surface area contributed by atoms with E-state index in [1.807, 2.05) is 13.0 Å². The van der Waals surface area contributed by atoms with E-state index in [0.29, 0.717) is 17.3 Å². The van der Waals surface area contributed by atoms with E-state index in [0.717, 1.165) is 5.56 Å². The van der Waals surface area contributed by atoms with E-state index in [4.69, 9.17) is 9.47 Å². The Morgan fingerprint density at radius 3 is 2.59 bits per heavy atom. The summed E-state index contributed by atoms with van der Waals surface area (Å²) in [5.74, 6) is -0.224. The third-order valence-corrected chi connectivity index (χ3v) is 5.31. The maximum Gasteiger partial charge on any atom is 0.307 e. The van der Waals surface area contributed by atoms with E-state index in [1.165, 1.54) is 13.3 Å². The van der Waals surface area contributed by atoms with Gasteiger partial charge in [0, 0.05) is 19.8 Å². The average molecular weight is 424 g/mol. The Morgan fingerprint density at radius 2 is 1.97 bits per heavy atom. The third-order valence-electron chi connectivity index (χ3n) is 3.98. The lowest BCUT2D eigenvalue weighted by atomic mass is 10.2. The summed E-state index contributed by atoms with van der Waals surface area (Å²) in [7, 11) is -0.668. The highest BCUT2D eigenvalue weighted by Gasteiger charge is 2.19. The molecule has 11 heteroatoms. The SMILES string of the molecule is COc1ccc(C)cc1NC(=O)COC(=O)CCNS(=O)(=O)c1cn(C)c(C)n1. The van der Waals surface area contributed by atoms with Crippen LogP contribution in [-0.4, -0.2) is 50.1 Å². The van der Waals surface area contributed by atoms with E-state index >= 15 is 0 Å². The highest BCUT2D eigenvalue weighted by atomic mass is 32.2. The molecular formula is C18H24N4O6S. The van der Waals surface area contributed by atoms with E-state index in [9.17, 15) is 18.0 Å². The molecule has 1 amide bonds. The molecule has 0 aliphatic rings. The Labute approximate surface area is 169 Å². The quantitative estimate of drug-likeness (QED) is 0.572. The first-order chi connectivity index (χ1) is 13.6. The number of nitrogens with one attached hydrogen (secondary N) is 2. The number of benzene rings is 1. The van der Waals surface area contributed by atoms with Gasteiger partial charge in [-0.25, -0.2) is 18.1 Å². The highest BCUT2D eigenvalue weighted by Crippen LogP contribution is 2.25. The summed E-state index contributed by atoms with van der Waals surface area (Å²) < 4.78 is 38.1. The van der Waals surface area contributed by atoms with Crippen LogP contribution in [0.15, 0.2) is 29.4 Å². The first kappa shape index (κ1) is 22.4. The molecule has 0 saturated heterocycles. The van der Waals surface area contributed by atoms with Gasteiger partial charge in [0.05, 0.1) is 19.2 Å². The topological polar surface area (TPSA) is 129 Å². The maximum atomic E-state index is 12.1. The van der Waals surface area contributed by atoms with Gasteiger partial charge in [-0.3, -0.25) is 9.59 Å². The summed E-state index contributed by atoms with van der Waals surface area (Å²) in [6.07, 6.45) is 1.14. The van der Waals surface area contributed by atoms with Crippen LogP contribution in [-0.2, 0) is 31.4 Å². The molecule has 0 aliphatic carbocycles. The first-order valence-corrected chi connectivity index (χ1v) is 10.2. The molecule has 2 aromatic rings. The minimum absolute atomic E-state index is 0.127. The molecule has 0 saturated carbocycles. The lowest BCUT2D eigenvalue weighted by Gasteiger charge is -2.11. The maximum absolute atomic E-state index is 12.1. The predicted molar refractivity (Wildman–Crippen MR) is 105 cm³/mol. The van der Waals surface area contributed by atoms with Gasteiger partial charge in [0.2, 0.25) is 0 Å². The molecular weight excluding hydrogens is 400 g/mol. The number of sulfonamides is 1. The van der Waals surface area contributed by atoms with Crippen molar-refractivity contribution in [2.75, 3.05) is 25.6 Å². The molecule has 0 unspecified atom stereocenters. The van der Waals surface area contributed by atoms with Gasteiger partial charge in [-0.2, -0.15) is 0 Å². The van der Waals surface area contributed by atoms with Crippen LogP contribution in [0.5, 0.6) is 5.75 Å². The van der Waals surface area contributed by atoms with Crippen LogP contribution < -0.4 is 14.8 Å². The number of carbonyl (C=O) groups is 2. The smallest absolute Gasteiger partial charge is 0.307 e. The minimum Gasteiger partial charge on any atom is -0.495 e. The zero-order valence-corrected chi connectivity index (χ0v) is 17.5. The van der Waals surface area contributed by atoms with Crippen molar-refractivity contribution >= 4 is 27.6 Å². The molecule has 2 rings (SSSR count). The molecule has 0 radical (unpaired) electrons. The normalized spacial score (nSPS) is 11.2. The summed E-state index contributed by atoms with van der Waals surface area (Å²) >= 11 is 0. The van der Waals surface area contributed by atoms with Gasteiger partial charge in [-0.15, -0.1) is 0 Å². The van der Waals surface area contributed by atoms with Crippen molar-refractivity contribution in [3.8, 4) is 5.75 Å². The van der Waals surface area contributed by atoms with Gasteiger partial charge >= 0.3 is 5.97 Å². The van der Waals surface area contributed by atoms with Crippen molar-refractivity contribution in [3.63, 3.8) is 0 Å². The zero-order chi connectivity index (χ0) is 21.6. The molecule has 10 nitrogen and oxygen atoms in total. The molecule has 1 aromatic carbocycles. The lowest BCUT2D eigenvalue weighted by molar-refractivity contribution is -0.147. The Balaban J connectivity index is 1.78. The second kappa shape index (κ2) is 9.52. The number of carbonyl (C=O) groups excluding carboxylic acids is 2. The van der Waals surface area contributed by atoms with Crippen LogP contribution in [0, 0.1) is 13.8 Å². The summed E-state index contributed by atoms with van der Waals surface area (Å²) in [6.45, 7) is 2.86. The zero-order valence-electron chi connectivity index (χ0n) is 16.7. The largest absolute Gasteiger partial charge is 0.495 e. The fourth-order valence-electron chi connectivity index (χ4n) is 2.34. The average Bonchev–Trinajstić information content (AvgIpc) is 3.00. The molecule has 0 fully saturated rings. The van der Waals surface area contributed by atoms with E-state index < -0.39 is 28.5 Å². The molecule has 2 N–H and O–H groups in total. The van der Waals surface area contributed by atoms with E-state index in [1.54, 1.807) is 30.7 Å². The van der Waals surface area contributed by atoms with Crippen LogP contribution in [0.25, 0.3) is 0 Å². The summed E-state index contributed by atoms with van der Waals surface area (Å²) in [5, 5.41) is 2.48. The van der Waals surface area contributed by atoms with Crippen LogP contribution >= 0.6 is 0 Å². The van der Waals surface area contributed by atoms with Crippen molar-refractivity contribution in [1.82, 2.24) is 14.3 Å². The third kappa shape index (κ3) is 6.29. The number of aromatic nitrogens is 2. The number of hydrogen-bond donors (Lipinski definition) is 2. The fraction of sp³-hybridized carbons (Fsp3) is 0.389. The number of imidazole rings is 1. The first-order valence-electron chi connectivity index (χ1n) is 8.72. The molecule has 29 heavy (non-hydrogen) atoms. The second-order valence-electron chi connectivity index (χ2n) is 6.30. The van der Waals surface area contributed by atoms with Crippen LogP contribution in [0.2, 0.25) is 0 Å². The van der Waals surface area contributed by atoms with Gasteiger partial charge in [0.15, 0.2) is 11.6 Å². The number of anilines is 1. The monoisotopic (exact) mass is 424 g/mol. The van der Waals surface area contributed by atoms with E-state index in [2.05, 4.69) is 15.0 Å². The lowest BCUT2D eigenvalue weighted by Crippen LogP contribution is -2.28. The van der Waals surface area contributed by atoms with Crippen molar-refractivity contribution in [3.05, 3.63) is 35.8 Å². The van der Waals surface area contributed by atoms with Crippen molar-refractivity contribution < 1.29 is 27.5 Å². The number of methoxy groups -OCH3 is 1. The molecule has 0 bridgehead atoms. The number of hydrogen-bond acceptors (Lipinski definition) is 7. The van der Waals surface area contributed by atoms with Crippen LogP contribution in [0.3, 0.4) is 0 Å². The molecule has 0 aliphatic heterocycles. The molecule has 158 valence electrons. The Bertz CT molecular complexity index is 980. The number of ether oxygens (including phenoxy) is 2. The number of aryl methyl sites for hydroxylation is 3. The fourth-order valence-corrected chi connectivity index (χ4v) is 3.41. The van der Waals surface area contributed by atoms with Crippen molar-refractivity contribution in [2.45, 2.75) is 25.3 Å². The molecule has 0 atom stereocenters. The summed E-state index contributed by atoms with van der Waals surface area (Å²) in [4.78, 5) is 27.7. The molecule has 0 spiro atoms. The van der Waals surface area contributed by atoms with Gasteiger partial charge in [-0.05, 0) is 31.5 Å². The van der Waals surface area contributed by atoms with Crippen LogP contribution in [0.4, 0.5) is 5.69 Å². The summed E-state index contributed by atoms with van der Waals surface area (Å²) in [5.41, 5.74) is 1.39. The molecule has 1 aromatic heterocycles. The Kier molecular flexibility index (Phi) is 7.35. The van der Waals surface area contributed by atoms with Crippen molar-refractivity contribution in [2.24, 2.45) is 7.05 Å². The summed E-state index contributed by atoms with van der Waals surface area (Å²) in [6, 6.07) is 5.28. The Hall–Kier alpha value is -2.92.